The van der Waals surface area contributed by atoms with Gasteiger partial charge in [-0.2, -0.15) is 0 Å². The van der Waals surface area contributed by atoms with Crippen molar-refractivity contribution in [1.29, 1.82) is 0 Å². The summed E-state index contributed by atoms with van der Waals surface area (Å²) < 4.78 is 5.44. The minimum absolute atomic E-state index is 0.0542. The molecule has 0 saturated carbocycles. The molecule has 18 heavy (non-hydrogen) atoms. The molecule has 6 nitrogen and oxygen atoms in total. The molecule has 0 fully saturated rings. The van der Waals surface area contributed by atoms with Crippen molar-refractivity contribution in [3.63, 3.8) is 0 Å². The van der Waals surface area contributed by atoms with Gasteiger partial charge in [-0.3, -0.25) is 4.79 Å². The predicted octanol–water partition coefficient (Wildman–Crippen LogP) is 0.378. The quantitative estimate of drug-likeness (QED) is 0.218. The summed E-state index contributed by atoms with van der Waals surface area (Å²) in [5.41, 5.74) is 11.0. The smallest absolute Gasteiger partial charge is 0.227 e. The number of rotatable bonds is 7. The number of carbonyl (C=O) groups excluding carboxylic acids is 1. The van der Waals surface area contributed by atoms with Crippen molar-refractivity contribution in [1.82, 2.24) is 0 Å². The number of amides is 1. The maximum absolute atomic E-state index is 10.5. The summed E-state index contributed by atoms with van der Waals surface area (Å²) in [5, 5.41) is 11.4. The van der Waals surface area contributed by atoms with E-state index >= 15 is 0 Å². The van der Waals surface area contributed by atoms with E-state index in [1.54, 1.807) is 24.3 Å². The molecule has 7 heteroatoms. The summed E-state index contributed by atoms with van der Waals surface area (Å²) in [6, 6.07) is 6.85. The number of primary amides is 1. The molecule has 0 aliphatic heterocycles. The fourth-order valence-electron chi connectivity index (χ4n) is 1.17. The monoisotopic (exact) mass is 269 g/mol. The number of ether oxygens (including phenoxy) is 1. The van der Waals surface area contributed by atoms with E-state index in [4.69, 9.17) is 21.4 Å². The van der Waals surface area contributed by atoms with E-state index < -0.39 is 0 Å². The summed E-state index contributed by atoms with van der Waals surface area (Å²) in [4.78, 5) is 10.5. The minimum atomic E-state index is -0.330. The van der Waals surface area contributed by atoms with Crippen LogP contribution in [0.25, 0.3) is 0 Å². The molecule has 1 aromatic rings. The number of nitrogens with two attached hydrogens (primary N) is 2. The molecule has 1 rings (SSSR count). The van der Waals surface area contributed by atoms with Gasteiger partial charge in [-0.05, 0) is 24.3 Å². The van der Waals surface area contributed by atoms with Crippen LogP contribution < -0.4 is 16.2 Å². The van der Waals surface area contributed by atoms with Gasteiger partial charge in [0.15, 0.2) is 5.84 Å². The Bertz CT molecular complexity index is 420. The zero-order valence-electron chi connectivity index (χ0n) is 9.70. The van der Waals surface area contributed by atoms with Gasteiger partial charge < -0.3 is 21.4 Å². The van der Waals surface area contributed by atoms with E-state index in [0.717, 1.165) is 0 Å². The topological polar surface area (TPSA) is 111 Å². The van der Waals surface area contributed by atoms with Crippen LogP contribution in [0.2, 0.25) is 0 Å². The molecule has 1 amide bonds. The van der Waals surface area contributed by atoms with Crippen LogP contribution in [0.1, 0.15) is 5.56 Å². The number of hydrogen-bond acceptors (Lipinski definition) is 5. The van der Waals surface area contributed by atoms with Crippen LogP contribution in [0.15, 0.2) is 29.4 Å². The molecular formula is C11H15N3O3S. The third kappa shape index (κ3) is 4.96. The summed E-state index contributed by atoms with van der Waals surface area (Å²) >= 11 is 1.42. The molecule has 0 aromatic heterocycles. The summed E-state index contributed by atoms with van der Waals surface area (Å²) in [6.07, 6.45) is 0. The van der Waals surface area contributed by atoms with Gasteiger partial charge in [0.05, 0.1) is 12.4 Å². The minimum Gasteiger partial charge on any atom is -0.493 e. The second-order valence-electron chi connectivity index (χ2n) is 3.38. The number of amidine groups is 1. The first-order valence-corrected chi connectivity index (χ1v) is 6.35. The molecule has 0 aliphatic carbocycles. The lowest BCUT2D eigenvalue weighted by molar-refractivity contribution is -0.115. The SMILES string of the molecule is NC(=O)CSCCOc1ccc(/C(N)=N/O)cc1. The third-order valence-electron chi connectivity index (χ3n) is 2.00. The molecule has 0 atom stereocenters. The molecule has 1 aromatic carbocycles. The first kappa shape index (κ1) is 14.2. The maximum atomic E-state index is 10.5. The zero-order valence-corrected chi connectivity index (χ0v) is 10.5. The lowest BCUT2D eigenvalue weighted by Gasteiger charge is -2.06. The number of benzene rings is 1. The number of carbonyl (C=O) groups is 1. The van der Waals surface area contributed by atoms with Crippen molar-refractivity contribution in [2.75, 3.05) is 18.1 Å². The number of oxime groups is 1. The Morgan fingerprint density at radius 1 is 1.33 bits per heavy atom. The van der Waals surface area contributed by atoms with Gasteiger partial charge in [0.2, 0.25) is 5.91 Å². The Kier molecular flexibility index (Phi) is 5.86. The van der Waals surface area contributed by atoms with Gasteiger partial charge >= 0.3 is 0 Å². The maximum Gasteiger partial charge on any atom is 0.227 e. The van der Waals surface area contributed by atoms with Crippen molar-refractivity contribution in [2.24, 2.45) is 16.6 Å². The summed E-state index contributed by atoms with van der Waals surface area (Å²) in [7, 11) is 0. The van der Waals surface area contributed by atoms with E-state index in [-0.39, 0.29) is 11.7 Å². The second-order valence-corrected chi connectivity index (χ2v) is 4.48. The van der Waals surface area contributed by atoms with E-state index in [0.29, 0.717) is 29.4 Å². The Balaban J connectivity index is 2.33. The Hall–Kier alpha value is -1.89. The van der Waals surface area contributed by atoms with Crippen LogP contribution in [-0.4, -0.2) is 35.1 Å². The van der Waals surface area contributed by atoms with Crippen molar-refractivity contribution in [2.45, 2.75) is 0 Å². The first-order valence-electron chi connectivity index (χ1n) is 5.20. The van der Waals surface area contributed by atoms with Gasteiger partial charge in [-0.25, -0.2) is 0 Å². The molecular weight excluding hydrogens is 254 g/mol. The van der Waals surface area contributed by atoms with Gasteiger partial charge in [0, 0.05) is 11.3 Å². The van der Waals surface area contributed by atoms with Gasteiger partial charge in [0.25, 0.3) is 0 Å². The van der Waals surface area contributed by atoms with Crippen LogP contribution in [0.3, 0.4) is 0 Å². The predicted molar refractivity (Wildman–Crippen MR) is 71.0 cm³/mol. The van der Waals surface area contributed by atoms with Crippen LogP contribution in [0.5, 0.6) is 5.75 Å². The molecule has 0 spiro atoms. The summed E-state index contributed by atoms with van der Waals surface area (Å²) in [6.45, 7) is 0.487. The number of thioether (sulfide) groups is 1. The van der Waals surface area contributed by atoms with Crippen molar-refractivity contribution in [3.05, 3.63) is 29.8 Å². The molecule has 0 unspecified atom stereocenters. The van der Waals surface area contributed by atoms with Crippen LogP contribution in [-0.2, 0) is 4.79 Å². The zero-order chi connectivity index (χ0) is 13.4. The van der Waals surface area contributed by atoms with Gasteiger partial charge in [-0.15, -0.1) is 11.8 Å². The molecule has 0 heterocycles. The fraction of sp³-hybridized carbons (Fsp3) is 0.273. The largest absolute Gasteiger partial charge is 0.493 e. The van der Waals surface area contributed by atoms with Crippen molar-refractivity contribution >= 4 is 23.5 Å². The highest BCUT2D eigenvalue weighted by Gasteiger charge is 2.00. The Morgan fingerprint density at radius 2 is 2.00 bits per heavy atom. The van der Waals surface area contributed by atoms with Crippen molar-refractivity contribution in [3.8, 4) is 5.75 Å². The van der Waals surface area contributed by atoms with E-state index in [1.165, 1.54) is 11.8 Å². The summed E-state index contributed by atoms with van der Waals surface area (Å²) in [5.74, 6) is 1.39. The molecule has 0 bridgehead atoms. The van der Waals surface area contributed by atoms with Crippen LogP contribution in [0, 0.1) is 0 Å². The molecule has 98 valence electrons. The lowest BCUT2D eigenvalue weighted by atomic mass is 10.2. The van der Waals surface area contributed by atoms with Crippen LogP contribution >= 0.6 is 11.8 Å². The van der Waals surface area contributed by atoms with E-state index in [1.807, 2.05) is 0 Å². The molecule has 5 N–H and O–H groups in total. The highest BCUT2D eigenvalue weighted by atomic mass is 32.2. The van der Waals surface area contributed by atoms with Gasteiger partial charge in [-0.1, -0.05) is 5.16 Å². The highest BCUT2D eigenvalue weighted by molar-refractivity contribution is 7.99. The standard InChI is InChI=1S/C11H15N3O3S/c12-10(15)7-18-6-5-17-9-3-1-8(2-4-9)11(13)14-16/h1-4,16H,5-7H2,(H2,12,15)(H2,13,14). The average molecular weight is 269 g/mol. The van der Waals surface area contributed by atoms with Crippen molar-refractivity contribution < 1.29 is 14.7 Å². The van der Waals surface area contributed by atoms with E-state index in [2.05, 4.69) is 5.16 Å². The molecule has 0 aliphatic rings. The Labute approximate surface area is 109 Å². The fourth-order valence-corrected chi connectivity index (χ4v) is 1.72. The van der Waals surface area contributed by atoms with Crippen LogP contribution in [0.4, 0.5) is 0 Å². The normalized spacial score (nSPS) is 11.2. The number of nitrogens with zero attached hydrogens (tertiary/aromatic N) is 1. The van der Waals surface area contributed by atoms with Gasteiger partial charge in [0.1, 0.15) is 5.75 Å². The van der Waals surface area contributed by atoms with E-state index in [9.17, 15) is 4.79 Å². The number of hydrogen-bond donors (Lipinski definition) is 3. The molecule has 0 radical (unpaired) electrons. The average Bonchev–Trinajstić information content (AvgIpc) is 2.38. The third-order valence-corrected chi connectivity index (χ3v) is 2.94. The lowest BCUT2D eigenvalue weighted by Crippen LogP contribution is -2.14. The first-order chi connectivity index (χ1) is 8.63. The highest BCUT2D eigenvalue weighted by Crippen LogP contribution is 2.12. The Morgan fingerprint density at radius 3 is 2.56 bits per heavy atom. The second kappa shape index (κ2) is 7.44. The molecule has 0 saturated heterocycles.